The maximum absolute atomic E-state index is 12.3. The summed E-state index contributed by atoms with van der Waals surface area (Å²) in [4.78, 5) is 24.7. The molecule has 186 valence electrons. The molecular formula is C28H30N4O3S. The van der Waals surface area contributed by atoms with Crippen LogP contribution in [0.15, 0.2) is 60.7 Å². The number of benzene rings is 2. The van der Waals surface area contributed by atoms with Crippen LogP contribution in [0.4, 0.5) is 16.3 Å². The van der Waals surface area contributed by atoms with E-state index in [0.717, 1.165) is 54.5 Å². The van der Waals surface area contributed by atoms with E-state index in [1.165, 1.54) is 32.1 Å². The van der Waals surface area contributed by atoms with Gasteiger partial charge in [0.1, 0.15) is 11.6 Å². The minimum absolute atomic E-state index is 0.114. The van der Waals surface area contributed by atoms with Gasteiger partial charge < -0.3 is 14.4 Å². The first-order valence-corrected chi connectivity index (χ1v) is 13.6. The van der Waals surface area contributed by atoms with Gasteiger partial charge >= 0.3 is 6.09 Å². The molecule has 0 radical (unpaired) electrons. The topological polar surface area (TPSA) is 76.6 Å². The van der Waals surface area contributed by atoms with Crippen LogP contribution in [-0.4, -0.2) is 47.6 Å². The van der Waals surface area contributed by atoms with Crippen molar-refractivity contribution in [2.75, 3.05) is 36.5 Å². The molecule has 3 aromatic rings. The third-order valence-corrected chi connectivity index (χ3v) is 8.81. The van der Waals surface area contributed by atoms with Crippen molar-refractivity contribution < 1.29 is 14.3 Å². The summed E-state index contributed by atoms with van der Waals surface area (Å²) in [6.45, 7) is 3.11. The molecule has 1 N–H and O–H groups in total. The lowest BCUT2D eigenvalue weighted by Gasteiger charge is -2.41. The highest BCUT2D eigenvalue weighted by Crippen LogP contribution is 2.57. The summed E-state index contributed by atoms with van der Waals surface area (Å²) in [5, 5.41) is 3.56. The second-order valence-electron chi connectivity index (χ2n) is 9.60. The predicted molar refractivity (Wildman–Crippen MR) is 143 cm³/mol. The predicted octanol–water partition coefficient (Wildman–Crippen LogP) is 5.87. The standard InChI is InChI=1S/C28H30N4O3S/c33-27(35-22-5-2-1-3-6-22)29-21-9-7-20(8-10-21)26-30-24(28(13-4-14-28)36-23-11-12-23)19-25(31-26)32-15-17-34-18-16-32/h1-3,5-10,19,23H,4,11-18H2,(H,29,33). The zero-order chi connectivity index (χ0) is 24.4. The molecule has 1 aliphatic heterocycles. The van der Waals surface area contributed by atoms with Gasteiger partial charge in [-0.3, -0.25) is 5.32 Å². The molecule has 0 unspecified atom stereocenters. The van der Waals surface area contributed by atoms with Crippen molar-refractivity contribution in [3.05, 3.63) is 66.4 Å². The average molecular weight is 503 g/mol. The Morgan fingerprint density at radius 3 is 2.44 bits per heavy atom. The molecule has 7 nitrogen and oxygen atoms in total. The molecular weight excluding hydrogens is 472 g/mol. The number of aromatic nitrogens is 2. The summed E-state index contributed by atoms with van der Waals surface area (Å²) in [5.74, 6) is 2.21. The second kappa shape index (κ2) is 10.1. The smallest absolute Gasteiger partial charge is 0.410 e. The van der Waals surface area contributed by atoms with Crippen LogP contribution in [0.25, 0.3) is 11.4 Å². The Kier molecular flexibility index (Phi) is 6.54. The van der Waals surface area contributed by atoms with Crippen LogP contribution >= 0.6 is 11.8 Å². The monoisotopic (exact) mass is 502 g/mol. The van der Waals surface area contributed by atoms with Gasteiger partial charge in [0.2, 0.25) is 0 Å². The molecule has 1 saturated heterocycles. The molecule has 8 heteroatoms. The molecule has 2 heterocycles. The maximum Gasteiger partial charge on any atom is 0.417 e. The number of carbonyl (C=O) groups excluding carboxylic acids is 1. The van der Waals surface area contributed by atoms with Crippen LogP contribution < -0.4 is 15.0 Å². The summed E-state index contributed by atoms with van der Waals surface area (Å²) in [6, 6.07) is 18.9. The number of amides is 1. The molecule has 6 rings (SSSR count). The lowest BCUT2D eigenvalue weighted by Crippen LogP contribution is -2.38. The lowest BCUT2D eigenvalue weighted by atomic mass is 9.81. The van der Waals surface area contributed by atoms with Crippen molar-refractivity contribution in [2.24, 2.45) is 0 Å². The van der Waals surface area contributed by atoms with Gasteiger partial charge in [-0.1, -0.05) is 18.2 Å². The molecule has 3 fully saturated rings. The van der Waals surface area contributed by atoms with Crippen LogP contribution in [0.2, 0.25) is 0 Å². The molecule has 2 aromatic carbocycles. The lowest BCUT2D eigenvalue weighted by molar-refractivity contribution is 0.122. The van der Waals surface area contributed by atoms with E-state index >= 15 is 0 Å². The molecule has 0 spiro atoms. The van der Waals surface area contributed by atoms with E-state index in [1.807, 2.05) is 42.5 Å². The highest BCUT2D eigenvalue weighted by molar-refractivity contribution is 8.01. The van der Waals surface area contributed by atoms with Crippen molar-refractivity contribution in [1.29, 1.82) is 0 Å². The molecule has 1 aromatic heterocycles. The number of nitrogens with zero attached hydrogens (tertiary/aromatic N) is 3. The van der Waals surface area contributed by atoms with Crippen molar-refractivity contribution in [1.82, 2.24) is 9.97 Å². The highest BCUT2D eigenvalue weighted by Gasteiger charge is 2.45. The highest BCUT2D eigenvalue weighted by atomic mass is 32.2. The zero-order valence-corrected chi connectivity index (χ0v) is 21.0. The third kappa shape index (κ3) is 5.20. The minimum atomic E-state index is -0.522. The van der Waals surface area contributed by atoms with E-state index in [9.17, 15) is 4.79 Å². The van der Waals surface area contributed by atoms with Crippen LogP contribution in [0.1, 0.15) is 37.8 Å². The Hall–Kier alpha value is -3.10. The van der Waals surface area contributed by atoms with Gasteiger partial charge in [0.05, 0.1) is 23.7 Å². The number of para-hydroxylation sites is 1. The van der Waals surface area contributed by atoms with Gasteiger partial charge in [-0.25, -0.2) is 14.8 Å². The molecule has 0 bridgehead atoms. The minimum Gasteiger partial charge on any atom is -0.410 e. The first-order valence-electron chi connectivity index (χ1n) is 12.7. The number of hydrogen-bond donors (Lipinski definition) is 1. The molecule has 1 amide bonds. The van der Waals surface area contributed by atoms with Gasteiger partial charge in [0, 0.05) is 35.7 Å². The quantitative estimate of drug-likeness (QED) is 0.433. The van der Waals surface area contributed by atoms with E-state index in [0.29, 0.717) is 11.4 Å². The number of thioether (sulfide) groups is 1. The number of ether oxygens (including phenoxy) is 2. The summed E-state index contributed by atoms with van der Waals surface area (Å²) in [5.41, 5.74) is 2.74. The number of rotatable bonds is 7. The fourth-order valence-electron chi connectivity index (χ4n) is 4.63. The van der Waals surface area contributed by atoms with Gasteiger partial charge in [-0.2, -0.15) is 0 Å². The van der Waals surface area contributed by atoms with E-state index < -0.39 is 6.09 Å². The van der Waals surface area contributed by atoms with E-state index in [1.54, 1.807) is 12.1 Å². The fraction of sp³-hybridized carbons (Fsp3) is 0.393. The van der Waals surface area contributed by atoms with E-state index in [-0.39, 0.29) is 4.75 Å². The second-order valence-corrected chi connectivity index (χ2v) is 11.3. The summed E-state index contributed by atoms with van der Waals surface area (Å²) in [6.07, 6.45) is 5.74. The maximum atomic E-state index is 12.3. The van der Waals surface area contributed by atoms with Crippen molar-refractivity contribution in [3.63, 3.8) is 0 Å². The Balaban J connectivity index is 1.25. The van der Waals surface area contributed by atoms with Crippen LogP contribution in [0.3, 0.4) is 0 Å². The van der Waals surface area contributed by atoms with E-state index in [2.05, 4.69) is 28.0 Å². The Labute approximate surface area is 215 Å². The largest absolute Gasteiger partial charge is 0.417 e. The summed E-state index contributed by atoms with van der Waals surface area (Å²) in [7, 11) is 0. The van der Waals surface area contributed by atoms with Crippen LogP contribution in [-0.2, 0) is 9.48 Å². The molecule has 36 heavy (non-hydrogen) atoms. The molecule has 2 aliphatic carbocycles. The Morgan fingerprint density at radius 1 is 1.03 bits per heavy atom. The van der Waals surface area contributed by atoms with Crippen LogP contribution in [0.5, 0.6) is 5.75 Å². The van der Waals surface area contributed by atoms with Crippen molar-refractivity contribution in [2.45, 2.75) is 42.1 Å². The van der Waals surface area contributed by atoms with Gasteiger partial charge in [-0.15, -0.1) is 11.8 Å². The van der Waals surface area contributed by atoms with Crippen LogP contribution in [0, 0.1) is 0 Å². The Bertz CT molecular complexity index is 1210. The summed E-state index contributed by atoms with van der Waals surface area (Å²) >= 11 is 2.13. The Morgan fingerprint density at radius 2 is 1.78 bits per heavy atom. The number of hydrogen-bond acceptors (Lipinski definition) is 7. The van der Waals surface area contributed by atoms with Gasteiger partial charge in [-0.05, 0) is 68.5 Å². The number of carbonyl (C=O) groups is 1. The SMILES string of the molecule is O=C(Nc1ccc(-c2nc(N3CCOCC3)cc(C3(SC4CC4)CCC3)n2)cc1)Oc1ccccc1. The summed E-state index contributed by atoms with van der Waals surface area (Å²) < 4.78 is 11.0. The van der Waals surface area contributed by atoms with Crippen molar-refractivity contribution in [3.8, 4) is 17.1 Å². The number of anilines is 2. The van der Waals surface area contributed by atoms with Gasteiger partial charge in [0.15, 0.2) is 5.82 Å². The number of nitrogens with one attached hydrogen (secondary N) is 1. The third-order valence-electron chi connectivity index (χ3n) is 6.94. The molecule has 2 saturated carbocycles. The van der Waals surface area contributed by atoms with Gasteiger partial charge in [0.25, 0.3) is 0 Å². The molecule has 3 aliphatic rings. The van der Waals surface area contributed by atoms with E-state index in [4.69, 9.17) is 19.4 Å². The zero-order valence-electron chi connectivity index (χ0n) is 20.2. The van der Waals surface area contributed by atoms with Crippen molar-refractivity contribution >= 4 is 29.4 Å². The first kappa shape index (κ1) is 23.3. The average Bonchev–Trinajstić information content (AvgIpc) is 3.72. The first-order chi connectivity index (χ1) is 17.7. The fourth-order valence-corrected chi connectivity index (χ4v) is 6.39. The molecule has 0 atom stereocenters. The normalized spacial score (nSPS) is 18.8. The number of morpholine rings is 1.